The quantitative estimate of drug-likeness (QED) is 0.423. The Bertz CT molecular complexity index is 599. The number of rotatable bonds is 5. The van der Waals surface area contributed by atoms with Gasteiger partial charge in [-0.25, -0.2) is 4.84 Å². The van der Waals surface area contributed by atoms with Gasteiger partial charge in [-0.15, -0.1) is 0 Å². The number of hydrogen-bond acceptors (Lipinski definition) is 2. The third kappa shape index (κ3) is 4.04. The number of amides is 1. The molecule has 4 heteroatoms. The van der Waals surface area contributed by atoms with Crippen LogP contribution in [-0.4, -0.2) is 16.3 Å². The van der Waals surface area contributed by atoms with Crippen LogP contribution in [0.1, 0.15) is 35.7 Å². The fourth-order valence-corrected chi connectivity index (χ4v) is 3.92. The summed E-state index contributed by atoms with van der Waals surface area (Å²) in [4.78, 5) is 18.1. The number of carbonyl (C=O) groups excluding carboxylic acids is 1. The summed E-state index contributed by atoms with van der Waals surface area (Å²) < 4.78 is 2.66. The molecule has 110 valence electrons. The highest BCUT2D eigenvalue weighted by Gasteiger charge is 2.32. The molecule has 0 aliphatic rings. The first-order valence-electron chi connectivity index (χ1n) is 6.81. The summed E-state index contributed by atoms with van der Waals surface area (Å²) in [5, 5.41) is 0. The largest absolute Gasteiger partial charge is 0.498 e. The van der Waals surface area contributed by atoms with Crippen molar-refractivity contribution in [2.24, 2.45) is 0 Å². The van der Waals surface area contributed by atoms with E-state index in [1.807, 2.05) is 54.6 Å². The van der Waals surface area contributed by atoms with Crippen LogP contribution in [-0.2, 0) is 4.84 Å². The van der Waals surface area contributed by atoms with Crippen molar-refractivity contribution in [1.29, 1.82) is 0 Å². The Morgan fingerprint density at radius 1 is 1.05 bits per heavy atom. The summed E-state index contributed by atoms with van der Waals surface area (Å²) >= 11 is -0.676. The number of hydrogen-bond donors (Lipinski definition) is 0. The SMILES string of the molecule is CON([I+]c1ccccc1)C(=O)c1ccccc1C(C)C. The van der Waals surface area contributed by atoms with Gasteiger partial charge in [0.2, 0.25) is 3.57 Å². The highest BCUT2D eigenvalue weighted by Crippen LogP contribution is 2.19. The first-order valence-corrected chi connectivity index (χ1v) is 8.85. The molecule has 1 amide bonds. The summed E-state index contributed by atoms with van der Waals surface area (Å²) in [5.74, 6) is 0.247. The molecule has 0 aromatic heterocycles. The van der Waals surface area contributed by atoms with Crippen molar-refractivity contribution in [2.45, 2.75) is 19.8 Å². The van der Waals surface area contributed by atoms with Gasteiger partial charge in [-0.2, -0.15) is 0 Å². The summed E-state index contributed by atoms with van der Waals surface area (Å²) in [6.07, 6.45) is 0. The van der Waals surface area contributed by atoms with Crippen LogP contribution < -0.4 is 21.5 Å². The van der Waals surface area contributed by atoms with Crippen LogP contribution in [0.15, 0.2) is 54.6 Å². The van der Waals surface area contributed by atoms with Crippen LogP contribution in [0.2, 0.25) is 0 Å². The summed E-state index contributed by atoms with van der Waals surface area (Å²) in [6.45, 7) is 4.19. The zero-order valence-electron chi connectivity index (χ0n) is 12.4. The van der Waals surface area contributed by atoms with Gasteiger partial charge in [-0.1, -0.05) is 50.2 Å². The number of nitrogens with zero attached hydrogens (tertiary/aromatic N) is 1. The number of carbonyl (C=O) groups is 1. The van der Waals surface area contributed by atoms with Crippen LogP contribution in [0, 0.1) is 3.57 Å². The maximum Gasteiger partial charge on any atom is 0.498 e. The molecule has 0 fully saturated rings. The lowest BCUT2D eigenvalue weighted by Gasteiger charge is -2.13. The van der Waals surface area contributed by atoms with Gasteiger partial charge in [0.15, 0.2) is 0 Å². The molecule has 0 aliphatic heterocycles. The van der Waals surface area contributed by atoms with E-state index in [0.717, 1.165) is 14.7 Å². The number of halogens is 1. The van der Waals surface area contributed by atoms with Gasteiger partial charge in [-0.3, -0.25) is 4.79 Å². The first kappa shape index (κ1) is 16.0. The van der Waals surface area contributed by atoms with Crippen molar-refractivity contribution in [1.82, 2.24) is 3.28 Å². The van der Waals surface area contributed by atoms with E-state index in [-0.39, 0.29) is 5.91 Å². The van der Waals surface area contributed by atoms with Crippen molar-refractivity contribution < 1.29 is 31.1 Å². The molecule has 0 spiro atoms. The third-order valence-electron chi connectivity index (χ3n) is 3.04. The molecule has 0 radical (unpaired) electrons. The van der Waals surface area contributed by atoms with Crippen LogP contribution in [0.4, 0.5) is 0 Å². The maximum absolute atomic E-state index is 12.7. The van der Waals surface area contributed by atoms with E-state index in [2.05, 4.69) is 13.8 Å². The molecule has 0 atom stereocenters. The van der Waals surface area contributed by atoms with Gasteiger partial charge in [0, 0.05) is 8.84 Å². The lowest BCUT2D eigenvalue weighted by atomic mass is 9.97. The fraction of sp³-hybridized carbons (Fsp3) is 0.235. The Hall–Kier alpha value is -1.40. The van der Waals surface area contributed by atoms with E-state index in [4.69, 9.17) is 4.84 Å². The average Bonchev–Trinajstić information content (AvgIpc) is 2.53. The zero-order chi connectivity index (χ0) is 15.2. The fourth-order valence-electron chi connectivity index (χ4n) is 2.01. The Balaban J connectivity index is 2.25. The van der Waals surface area contributed by atoms with Gasteiger partial charge in [-0.05, 0) is 29.7 Å². The van der Waals surface area contributed by atoms with Gasteiger partial charge in [0.05, 0.1) is 7.11 Å². The summed E-state index contributed by atoms with van der Waals surface area (Å²) in [5.41, 5.74) is 1.78. The normalized spacial score (nSPS) is 10.7. The van der Waals surface area contributed by atoms with Crippen LogP contribution in [0.5, 0.6) is 0 Å². The van der Waals surface area contributed by atoms with E-state index in [9.17, 15) is 4.79 Å². The smallest absolute Gasteiger partial charge is 0.262 e. The molecule has 0 aliphatic carbocycles. The standard InChI is InChI=1S/C17H19INO2/c1-13(2)15-11-7-8-12-16(15)17(20)19(21-3)18-14-9-5-4-6-10-14/h4-13H,1-3H3/q+1. The zero-order valence-corrected chi connectivity index (χ0v) is 14.6. The first-order chi connectivity index (χ1) is 10.1. The molecule has 0 saturated carbocycles. The van der Waals surface area contributed by atoms with Crippen molar-refractivity contribution in [2.75, 3.05) is 7.11 Å². The van der Waals surface area contributed by atoms with E-state index in [1.54, 1.807) is 7.11 Å². The highest BCUT2D eigenvalue weighted by molar-refractivity contribution is 5.94. The molecular weight excluding hydrogens is 377 g/mol. The molecule has 21 heavy (non-hydrogen) atoms. The average molecular weight is 396 g/mol. The molecule has 2 rings (SSSR count). The Kier molecular flexibility index (Phi) is 5.76. The predicted molar refractivity (Wildman–Crippen MR) is 78.8 cm³/mol. The lowest BCUT2D eigenvalue weighted by molar-refractivity contribution is -0.819. The minimum Gasteiger partial charge on any atom is -0.262 e. The van der Waals surface area contributed by atoms with E-state index in [0.29, 0.717) is 5.92 Å². The van der Waals surface area contributed by atoms with Crippen molar-refractivity contribution in [3.8, 4) is 0 Å². The van der Waals surface area contributed by atoms with Gasteiger partial charge >= 0.3 is 27.4 Å². The molecule has 3 nitrogen and oxygen atoms in total. The second-order valence-corrected chi connectivity index (χ2v) is 7.46. The summed E-state index contributed by atoms with van der Waals surface area (Å²) in [6, 6.07) is 17.7. The molecule has 0 N–H and O–H groups in total. The maximum atomic E-state index is 12.7. The topological polar surface area (TPSA) is 29.5 Å². The monoisotopic (exact) mass is 396 g/mol. The Morgan fingerprint density at radius 2 is 1.67 bits per heavy atom. The van der Waals surface area contributed by atoms with Crippen molar-refractivity contribution in [3.05, 3.63) is 69.3 Å². The second kappa shape index (κ2) is 7.56. The van der Waals surface area contributed by atoms with Gasteiger partial charge < -0.3 is 0 Å². The van der Waals surface area contributed by atoms with E-state index < -0.39 is 21.5 Å². The molecule has 0 unspecified atom stereocenters. The van der Waals surface area contributed by atoms with Gasteiger partial charge in [0.1, 0.15) is 0 Å². The molecule has 2 aromatic carbocycles. The van der Waals surface area contributed by atoms with E-state index in [1.165, 1.54) is 3.28 Å². The molecule has 2 aromatic rings. The Morgan fingerprint density at radius 3 is 2.29 bits per heavy atom. The molecule has 0 bridgehead atoms. The van der Waals surface area contributed by atoms with Crippen LogP contribution in [0.25, 0.3) is 0 Å². The highest BCUT2D eigenvalue weighted by atomic mass is 127. The third-order valence-corrected chi connectivity index (χ3v) is 5.59. The van der Waals surface area contributed by atoms with Crippen molar-refractivity contribution in [3.63, 3.8) is 0 Å². The minimum absolute atomic E-state index is 0.0570. The minimum atomic E-state index is -0.676. The van der Waals surface area contributed by atoms with Crippen molar-refractivity contribution >= 4 is 5.91 Å². The molecular formula is C17H19INO2+. The number of hydroxylamine groups is 1. The van der Waals surface area contributed by atoms with Gasteiger partial charge in [0.25, 0.3) is 0 Å². The lowest BCUT2D eigenvalue weighted by Crippen LogP contribution is -3.67. The van der Waals surface area contributed by atoms with E-state index >= 15 is 0 Å². The Labute approximate surface area is 136 Å². The predicted octanol–water partition coefficient (Wildman–Crippen LogP) is 0.687. The molecule has 0 heterocycles. The molecule has 0 saturated heterocycles. The summed E-state index contributed by atoms with van der Waals surface area (Å²) in [7, 11) is 1.55. The second-order valence-electron chi connectivity index (χ2n) is 4.85. The number of benzene rings is 2. The van der Waals surface area contributed by atoms with Crippen LogP contribution >= 0.6 is 0 Å². The van der Waals surface area contributed by atoms with Crippen LogP contribution in [0.3, 0.4) is 0 Å².